The molecule has 0 fully saturated rings. The highest BCUT2D eigenvalue weighted by molar-refractivity contribution is 6.27. The summed E-state index contributed by atoms with van der Waals surface area (Å²) in [4.78, 5) is 0. The summed E-state index contributed by atoms with van der Waals surface area (Å²) in [5.41, 5.74) is 19.8. The minimum Gasteiger partial charge on any atom is -0.405 e. The SMILES string of the molecule is N#CC/C=C(\C=C/N)c1ccc(-c2ccc3ccc4c(-c5ccc(C(/C=C\N)=C/CC#N)cc5)ccc5ccc2c3c54)cc1. The molecule has 0 spiro atoms. The van der Waals surface area contributed by atoms with Gasteiger partial charge in [-0.15, -0.1) is 0 Å². The van der Waals surface area contributed by atoms with Gasteiger partial charge in [-0.05, 0) is 101 Å². The number of nitriles is 2. The third-order valence-corrected chi connectivity index (χ3v) is 8.10. The minimum absolute atomic E-state index is 0.328. The van der Waals surface area contributed by atoms with Gasteiger partial charge < -0.3 is 11.5 Å². The summed E-state index contributed by atoms with van der Waals surface area (Å²) in [6.07, 6.45) is 11.1. The van der Waals surface area contributed by atoms with Gasteiger partial charge in [0, 0.05) is 0 Å². The highest BCUT2D eigenvalue weighted by Crippen LogP contribution is 2.42. The van der Waals surface area contributed by atoms with Crippen LogP contribution in [0.25, 0.3) is 65.7 Å². The van der Waals surface area contributed by atoms with Crippen molar-refractivity contribution in [2.24, 2.45) is 11.5 Å². The first kappa shape index (κ1) is 28.0. The van der Waals surface area contributed by atoms with Crippen LogP contribution in [0, 0.1) is 22.7 Å². The Bertz CT molecular complexity index is 2020. The molecule has 0 amide bonds. The first-order chi connectivity index (χ1) is 21.7. The molecule has 0 aliphatic heterocycles. The van der Waals surface area contributed by atoms with E-state index in [0.29, 0.717) is 12.8 Å². The van der Waals surface area contributed by atoms with Gasteiger partial charge >= 0.3 is 0 Å². The molecule has 210 valence electrons. The molecule has 4 nitrogen and oxygen atoms in total. The third-order valence-electron chi connectivity index (χ3n) is 8.10. The maximum Gasteiger partial charge on any atom is 0.0663 e. The maximum absolute atomic E-state index is 9.03. The molecule has 4 N–H and O–H groups in total. The lowest BCUT2D eigenvalue weighted by Gasteiger charge is -2.17. The Kier molecular flexibility index (Phi) is 7.91. The van der Waals surface area contributed by atoms with Gasteiger partial charge in [-0.1, -0.05) is 109 Å². The first-order valence-electron chi connectivity index (χ1n) is 14.5. The smallest absolute Gasteiger partial charge is 0.0663 e. The van der Waals surface area contributed by atoms with Crippen molar-refractivity contribution in [2.75, 3.05) is 0 Å². The second kappa shape index (κ2) is 12.4. The van der Waals surface area contributed by atoms with Crippen LogP contribution in [-0.2, 0) is 0 Å². The summed E-state index contributed by atoms with van der Waals surface area (Å²) in [6, 6.07) is 39.0. The molecular formula is C40H30N4. The molecule has 0 saturated heterocycles. The zero-order valence-corrected chi connectivity index (χ0v) is 24.2. The molecule has 0 aromatic heterocycles. The topological polar surface area (TPSA) is 99.6 Å². The molecule has 0 radical (unpaired) electrons. The molecule has 0 atom stereocenters. The van der Waals surface area contributed by atoms with E-state index in [1.165, 1.54) is 55.8 Å². The van der Waals surface area contributed by atoms with Crippen LogP contribution in [0.15, 0.2) is 134 Å². The molecule has 6 aromatic carbocycles. The lowest BCUT2D eigenvalue weighted by molar-refractivity contribution is 1.35. The second-order valence-electron chi connectivity index (χ2n) is 10.6. The predicted molar refractivity (Wildman–Crippen MR) is 184 cm³/mol. The maximum atomic E-state index is 9.03. The Morgan fingerprint density at radius 3 is 1.27 bits per heavy atom. The van der Waals surface area contributed by atoms with Crippen LogP contribution in [0.4, 0.5) is 0 Å². The fraction of sp³-hybridized carbons (Fsp3) is 0.0500. The molecule has 0 unspecified atom stereocenters. The van der Waals surface area contributed by atoms with E-state index in [-0.39, 0.29) is 0 Å². The molecule has 0 saturated carbocycles. The van der Waals surface area contributed by atoms with Gasteiger partial charge in [-0.3, -0.25) is 0 Å². The van der Waals surface area contributed by atoms with Crippen LogP contribution in [0.1, 0.15) is 24.0 Å². The Morgan fingerprint density at radius 1 is 0.523 bits per heavy atom. The molecule has 6 rings (SSSR count). The fourth-order valence-corrected chi connectivity index (χ4v) is 6.07. The third kappa shape index (κ3) is 5.18. The average molecular weight is 567 g/mol. The minimum atomic E-state index is 0.328. The Morgan fingerprint density at radius 2 is 0.909 bits per heavy atom. The molecule has 0 aliphatic carbocycles. The summed E-state index contributed by atoms with van der Waals surface area (Å²) >= 11 is 0. The van der Waals surface area contributed by atoms with Crippen molar-refractivity contribution < 1.29 is 0 Å². The van der Waals surface area contributed by atoms with E-state index in [1.807, 2.05) is 24.3 Å². The van der Waals surface area contributed by atoms with E-state index in [1.54, 1.807) is 0 Å². The van der Waals surface area contributed by atoms with Crippen molar-refractivity contribution in [1.29, 1.82) is 10.5 Å². The quantitative estimate of drug-likeness (QED) is 0.142. The number of hydrogen-bond donors (Lipinski definition) is 2. The normalized spacial score (nSPS) is 12.5. The summed E-state index contributed by atoms with van der Waals surface area (Å²) in [7, 11) is 0. The van der Waals surface area contributed by atoms with Crippen LogP contribution in [-0.4, -0.2) is 0 Å². The number of nitrogens with two attached hydrogens (primary N) is 2. The van der Waals surface area contributed by atoms with Crippen LogP contribution < -0.4 is 11.5 Å². The van der Waals surface area contributed by atoms with Crippen LogP contribution >= 0.6 is 0 Å². The molecule has 6 aromatic rings. The molecule has 44 heavy (non-hydrogen) atoms. The van der Waals surface area contributed by atoms with E-state index in [0.717, 1.165) is 33.4 Å². The van der Waals surface area contributed by atoms with Crippen molar-refractivity contribution >= 4 is 43.5 Å². The van der Waals surface area contributed by atoms with Gasteiger partial charge in [0.1, 0.15) is 0 Å². The van der Waals surface area contributed by atoms with Crippen molar-refractivity contribution in [3.63, 3.8) is 0 Å². The highest BCUT2D eigenvalue weighted by atomic mass is 14.5. The van der Waals surface area contributed by atoms with E-state index in [2.05, 4.69) is 109 Å². The van der Waals surface area contributed by atoms with Crippen LogP contribution in [0.5, 0.6) is 0 Å². The fourth-order valence-electron chi connectivity index (χ4n) is 6.07. The second-order valence-corrected chi connectivity index (χ2v) is 10.6. The summed E-state index contributed by atoms with van der Waals surface area (Å²) < 4.78 is 0. The average Bonchev–Trinajstić information content (AvgIpc) is 3.07. The molecule has 4 heteroatoms. The van der Waals surface area contributed by atoms with E-state index < -0.39 is 0 Å². The lowest BCUT2D eigenvalue weighted by atomic mass is 9.87. The van der Waals surface area contributed by atoms with Crippen LogP contribution in [0.2, 0.25) is 0 Å². The lowest BCUT2D eigenvalue weighted by Crippen LogP contribution is -1.90. The predicted octanol–water partition coefficient (Wildman–Crippen LogP) is 9.46. The highest BCUT2D eigenvalue weighted by Gasteiger charge is 2.15. The first-order valence-corrected chi connectivity index (χ1v) is 14.5. The van der Waals surface area contributed by atoms with E-state index >= 15 is 0 Å². The van der Waals surface area contributed by atoms with Crippen molar-refractivity contribution in [3.05, 3.63) is 145 Å². The van der Waals surface area contributed by atoms with Gasteiger partial charge in [0.15, 0.2) is 0 Å². The van der Waals surface area contributed by atoms with Crippen LogP contribution in [0.3, 0.4) is 0 Å². The number of nitrogens with zero attached hydrogens (tertiary/aromatic N) is 2. The molecule has 0 heterocycles. The summed E-state index contributed by atoms with van der Waals surface area (Å²) in [5, 5.41) is 25.4. The van der Waals surface area contributed by atoms with Crippen molar-refractivity contribution in [1.82, 2.24) is 0 Å². The zero-order chi connectivity index (χ0) is 30.5. The summed E-state index contributed by atoms with van der Waals surface area (Å²) in [6.45, 7) is 0. The van der Waals surface area contributed by atoms with E-state index in [9.17, 15) is 0 Å². The van der Waals surface area contributed by atoms with E-state index in [4.69, 9.17) is 22.0 Å². The van der Waals surface area contributed by atoms with Gasteiger partial charge in [0.25, 0.3) is 0 Å². The number of benzene rings is 6. The van der Waals surface area contributed by atoms with Crippen molar-refractivity contribution in [2.45, 2.75) is 12.8 Å². The van der Waals surface area contributed by atoms with Gasteiger partial charge in [-0.2, -0.15) is 10.5 Å². The van der Waals surface area contributed by atoms with Crippen molar-refractivity contribution in [3.8, 4) is 34.4 Å². The number of allylic oxidation sites excluding steroid dienone is 6. The monoisotopic (exact) mass is 566 g/mol. The molecule has 0 bridgehead atoms. The molecule has 0 aliphatic rings. The number of hydrogen-bond acceptors (Lipinski definition) is 4. The largest absolute Gasteiger partial charge is 0.405 e. The Labute approximate surface area is 257 Å². The molecular weight excluding hydrogens is 536 g/mol. The van der Waals surface area contributed by atoms with Gasteiger partial charge in [0.05, 0.1) is 25.0 Å². The number of rotatable bonds is 8. The standard InChI is InChI=1S/C40H30N4/c41-23-1-3-27(21-25-43)29-5-9-31(10-6-29)35-17-13-33-16-20-38-36(18-14-34-15-19-37(35)39(33)40(34)38)32-11-7-30(8-12-32)28(22-26-44)4-2-24-42/h3-22,25-26H,1-2,43-44H2/b25-21-,26-22-,27-3+,28-4+. The Balaban J connectivity index is 1.45. The summed E-state index contributed by atoms with van der Waals surface area (Å²) in [5.74, 6) is 0. The van der Waals surface area contributed by atoms with Gasteiger partial charge in [0.2, 0.25) is 0 Å². The zero-order valence-electron chi connectivity index (χ0n) is 24.2. The van der Waals surface area contributed by atoms with Gasteiger partial charge in [-0.25, -0.2) is 0 Å². The Hall–Kier alpha value is -6.10.